The lowest BCUT2D eigenvalue weighted by molar-refractivity contribution is -0.119. The van der Waals surface area contributed by atoms with Gasteiger partial charge in [-0.15, -0.1) is 0 Å². The van der Waals surface area contributed by atoms with Gasteiger partial charge in [0.1, 0.15) is 0 Å². The van der Waals surface area contributed by atoms with Crippen LogP contribution in [0.4, 0.5) is 5.69 Å². The second kappa shape index (κ2) is 6.02. The summed E-state index contributed by atoms with van der Waals surface area (Å²) < 4.78 is 23.3. The van der Waals surface area contributed by atoms with Crippen molar-refractivity contribution in [3.8, 4) is 0 Å². The van der Waals surface area contributed by atoms with Gasteiger partial charge in [-0.3, -0.25) is 4.79 Å². The number of sulfone groups is 1. The highest BCUT2D eigenvalue weighted by Crippen LogP contribution is 2.25. The average molecular weight is 307 g/mol. The minimum atomic E-state index is -3.19. The van der Waals surface area contributed by atoms with E-state index in [9.17, 15) is 13.2 Å². The van der Waals surface area contributed by atoms with Gasteiger partial charge in [0, 0.05) is 17.5 Å². The van der Waals surface area contributed by atoms with E-state index in [1.165, 1.54) is 5.41 Å². The molecular formula is C16H21NO3S. The summed E-state index contributed by atoms with van der Waals surface area (Å²) in [6.45, 7) is 5.93. The van der Waals surface area contributed by atoms with Crippen LogP contribution >= 0.6 is 0 Å². The third-order valence-electron chi connectivity index (χ3n) is 3.41. The average Bonchev–Trinajstić information content (AvgIpc) is 2.71. The fourth-order valence-corrected chi connectivity index (χ4v) is 3.66. The van der Waals surface area contributed by atoms with Crippen LogP contribution in [0, 0.1) is 12.8 Å². The van der Waals surface area contributed by atoms with Crippen molar-refractivity contribution in [2.24, 2.45) is 5.92 Å². The Hall–Kier alpha value is -1.62. The predicted octanol–water partition coefficient (Wildman–Crippen LogP) is 2.68. The molecule has 0 saturated carbocycles. The fourth-order valence-electron chi connectivity index (χ4n) is 2.39. The predicted molar refractivity (Wildman–Crippen MR) is 84.8 cm³/mol. The van der Waals surface area contributed by atoms with Crippen molar-refractivity contribution in [1.82, 2.24) is 0 Å². The lowest BCUT2D eigenvalue weighted by atomic mass is 10.1. The molecule has 21 heavy (non-hydrogen) atoms. The molecule has 1 aliphatic rings. The third kappa shape index (κ3) is 3.94. The molecule has 0 saturated heterocycles. The van der Waals surface area contributed by atoms with Gasteiger partial charge in [0.2, 0.25) is 5.91 Å². The molecule has 0 bridgehead atoms. The van der Waals surface area contributed by atoms with E-state index in [4.69, 9.17) is 0 Å². The minimum absolute atomic E-state index is 0.0370. The number of hydrogen-bond acceptors (Lipinski definition) is 3. The Morgan fingerprint density at radius 2 is 1.90 bits per heavy atom. The van der Waals surface area contributed by atoms with Crippen LogP contribution in [0.2, 0.25) is 0 Å². The van der Waals surface area contributed by atoms with E-state index in [0.717, 1.165) is 11.3 Å². The summed E-state index contributed by atoms with van der Waals surface area (Å²) in [5, 5.41) is 1.21. The normalized spacial score (nSPS) is 19.9. The number of rotatable bonds is 4. The van der Waals surface area contributed by atoms with E-state index in [2.05, 4.69) is 0 Å². The topological polar surface area (TPSA) is 54.5 Å². The number of benzene rings is 1. The summed E-state index contributed by atoms with van der Waals surface area (Å²) in [4.78, 5) is 14.1. The second-order valence-electron chi connectivity index (χ2n) is 5.92. The highest BCUT2D eigenvalue weighted by molar-refractivity contribution is 7.94. The maximum atomic E-state index is 12.5. The summed E-state index contributed by atoms with van der Waals surface area (Å²) in [7, 11) is -3.19. The van der Waals surface area contributed by atoms with Crippen LogP contribution in [0.3, 0.4) is 0 Å². The quantitative estimate of drug-likeness (QED) is 0.859. The van der Waals surface area contributed by atoms with Gasteiger partial charge in [-0.25, -0.2) is 8.42 Å². The summed E-state index contributed by atoms with van der Waals surface area (Å²) in [6, 6.07) is 7.18. The molecule has 0 spiro atoms. The van der Waals surface area contributed by atoms with Crippen LogP contribution < -0.4 is 4.90 Å². The maximum Gasteiger partial charge on any atom is 0.227 e. The lowest BCUT2D eigenvalue weighted by Crippen LogP contribution is -2.41. The van der Waals surface area contributed by atoms with Crippen LogP contribution in [0.25, 0.3) is 0 Å². The fraction of sp³-hybridized carbons (Fsp3) is 0.438. The van der Waals surface area contributed by atoms with Crippen molar-refractivity contribution in [2.75, 3.05) is 10.7 Å². The standard InChI is InChI=1S/C16H21NO3S/c1-12(2)10-16(18)17(14-6-4-13(3)5-7-14)15-8-9-21(19,20)11-15/h4-9,12,15H,10-11H2,1-3H3/t15-/m1/s1. The number of hydrogen-bond donors (Lipinski definition) is 0. The van der Waals surface area contributed by atoms with Gasteiger partial charge in [0.15, 0.2) is 9.84 Å². The molecular weight excluding hydrogens is 286 g/mol. The summed E-state index contributed by atoms with van der Waals surface area (Å²) >= 11 is 0. The molecule has 1 aromatic rings. The monoisotopic (exact) mass is 307 g/mol. The summed E-state index contributed by atoms with van der Waals surface area (Å²) in [5.74, 6) is 0.151. The van der Waals surface area contributed by atoms with E-state index in [-0.39, 0.29) is 17.6 Å². The first-order valence-corrected chi connectivity index (χ1v) is 8.80. The van der Waals surface area contributed by atoms with Gasteiger partial charge < -0.3 is 4.90 Å². The zero-order chi connectivity index (χ0) is 15.6. The number of carbonyl (C=O) groups excluding carboxylic acids is 1. The van der Waals surface area contributed by atoms with Gasteiger partial charge in [0.05, 0.1) is 11.8 Å². The number of aryl methyl sites for hydroxylation is 1. The zero-order valence-electron chi connectivity index (χ0n) is 12.6. The molecule has 1 amide bonds. The number of nitrogens with zero attached hydrogens (tertiary/aromatic N) is 1. The first kappa shape index (κ1) is 15.8. The molecule has 114 valence electrons. The van der Waals surface area contributed by atoms with Crippen molar-refractivity contribution in [2.45, 2.75) is 33.2 Å². The van der Waals surface area contributed by atoms with Crippen LogP contribution in [0.15, 0.2) is 35.7 Å². The molecule has 1 aliphatic heterocycles. The molecule has 0 fully saturated rings. The molecule has 1 atom stereocenters. The van der Waals surface area contributed by atoms with Gasteiger partial charge in [-0.1, -0.05) is 31.5 Å². The van der Waals surface area contributed by atoms with Gasteiger partial charge in [0.25, 0.3) is 0 Å². The molecule has 1 heterocycles. The molecule has 0 radical (unpaired) electrons. The van der Waals surface area contributed by atoms with E-state index in [1.54, 1.807) is 11.0 Å². The minimum Gasteiger partial charge on any atom is -0.304 e. The van der Waals surface area contributed by atoms with Gasteiger partial charge in [-0.2, -0.15) is 0 Å². The highest BCUT2D eigenvalue weighted by Gasteiger charge is 2.31. The Morgan fingerprint density at radius 3 is 2.38 bits per heavy atom. The number of amides is 1. The SMILES string of the molecule is Cc1ccc(N(C(=O)CC(C)C)[C@@H]2C=CS(=O)(=O)C2)cc1. The first-order chi connectivity index (χ1) is 9.78. The second-order valence-corrected chi connectivity index (χ2v) is 7.85. The molecule has 0 aromatic heterocycles. The molecule has 0 aliphatic carbocycles. The maximum absolute atomic E-state index is 12.5. The molecule has 4 nitrogen and oxygen atoms in total. The number of anilines is 1. The van der Waals surface area contributed by atoms with Crippen LogP contribution in [0.1, 0.15) is 25.8 Å². The Labute approximate surface area is 126 Å². The largest absolute Gasteiger partial charge is 0.304 e. The summed E-state index contributed by atoms with van der Waals surface area (Å²) in [5.41, 5.74) is 1.85. The zero-order valence-corrected chi connectivity index (χ0v) is 13.4. The molecule has 2 rings (SSSR count). The van der Waals surface area contributed by atoms with E-state index in [0.29, 0.717) is 6.42 Å². The van der Waals surface area contributed by atoms with Crippen LogP contribution in [0.5, 0.6) is 0 Å². The number of carbonyl (C=O) groups is 1. The Morgan fingerprint density at radius 1 is 1.29 bits per heavy atom. The molecule has 1 aromatic carbocycles. The van der Waals surface area contributed by atoms with Gasteiger partial charge >= 0.3 is 0 Å². The van der Waals surface area contributed by atoms with Crippen molar-refractivity contribution in [3.05, 3.63) is 41.3 Å². The van der Waals surface area contributed by atoms with Crippen molar-refractivity contribution in [3.63, 3.8) is 0 Å². The Balaban J connectivity index is 2.33. The van der Waals surface area contributed by atoms with Crippen LogP contribution in [-0.2, 0) is 14.6 Å². The van der Waals surface area contributed by atoms with E-state index < -0.39 is 15.9 Å². The molecule has 0 N–H and O–H groups in total. The third-order valence-corrected chi connectivity index (χ3v) is 4.78. The van der Waals surface area contributed by atoms with E-state index >= 15 is 0 Å². The molecule has 0 unspecified atom stereocenters. The lowest BCUT2D eigenvalue weighted by Gasteiger charge is -2.28. The summed E-state index contributed by atoms with van der Waals surface area (Å²) in [6.07, 6.45) is 2.01. The Bertz CT molecular complexity index is 645. The first-order valence-electron chi connectivity index (χ1n) is 7.08. The van der Waals surface area contributed by atoms with Crippen molar-refractivity contribution >= 4 is 21.4 Å². The van der Waals surface area contributed by atoms with Gasteiger partial charge in [-0.05, 0) is 31.1 Å². The van der Waals surface area contributed by atoms with Crippen molar-refractivity contribution < 1.29 is 13.2 Å². The van der Waals surface area contributed by atoms with E-state index in [1.807, 2.05) is 45.0 Å². The Kier molecular flexibility index (Phi) is 4.52. The van der Waals surface area contributed by atoms with Crippen LogP contribution in [-0.4, -0.2) is 26.1 Å². The van der Waals surface area contributed by atoms with Crippen molar-refractivity contribution in [1.29, 1.82) is 0 Å². The molecule has 5 heteroatoms. The highest BCUT2D eigenvalue weighted by atomic mass is 32.2. The smallest absolute Gasteiger partial charge is 0.227 e.